The number of para-hydroxylation sites is 3. The Kier molecular flexibility index (Phi) is 6.51. The molecule has 13 rings (SSSR count). The highest BCUT2D eigenvalue weighted by Gasteiger charge is 2.36. The summed E-state index contributed by atoms with van der Waals surface area (Å²) in [6.07, 6.45) is 0. The fourth-order valence-corrected chi connectivity index (χ4v) is 10.5. The molecule has 3 heteroatoms. The van der Waals surface area contributed by atoms with Crippen LogP contribution in [0.3, 0.4) is 0 Å². The van der Waals surface area contributed by atoms with Crippen molar-refractivity contribution in [3.8, 4) is 33.8 Å². The van der Waals surface area contributed by atoms with Crippen molar-refractivity contribution in [2.75, 3.05) is 0 Å². The molecule has 0 saturated heterocycles. The Morgan fingerprint density at radius 2 is 1.05 bits per heavy atom. The quantitative estimate of drug-likeness (QED) is 0.165. The molecule has 0 bridgehead atoms. The molecule has 12 aromatic rings. The molecule has 3 nitrogen and oxygen atoms in total. The average molecular weight is 752 g/mol. The third kappa shape index (κ3) is 4.45. The van der Waals surface area contributed by atoms with Crippen LogP contribution in [0.15, 0.2) is 188 Å². The van der Waals surface area contributed by atoms with Crippen LogP contribution in [-0.4, -0.2) is 14.1 Å². The van der Waals surface area contributed by atoms with Gasteiger partial charge < -0.3 is 9.13 Å². The van der Waals surface area contributed by atoms with Gasteiger partial charge in [-0.25, -0.2) is 4.98 Å². The SMILES string of the molecule is CC1(C)c2ccccc2-c2cc3c(cc21)c(-c1cccc(-n2c4ccccc4c4ccc5c6cc7ccccc7cc6n(-c6ccccc6)c5c42)c1)nc1ccccc13. The lowest BCUT2D eigenvalue weighted by Gasteiger charge is -2.22. The van der Waals surface area contributed by atoms with Crippen LogP contribution >= 0.6 is 0 Å². The second kappa shape index (κ2) is 11.8. The van der Waals surface area contributed by atoms with Crippen LogP contribution in [0, 0.1) is 0 Å². The van der Waals surface area contributed by atoms with Gasteiger partial charge >= 0.3 is 0 Å². The van der Waals surface area contributed by atoms with Crippen LogP contribution in [0.2, 0.25) is 0 Å². The van der Waals surface area contributed by atoms with Crippen molar-refractivity contribution in [3.05, 3.63) is 199 Å². The summed E-state index contributed by atoms with van der Waals surface area (Å²) in [6, 6.07) is 69.3. The Bertz CT molecular complexity index is 3750. The van der Waals surface area contributed by atoms with Crippen LogP contribution in [0.25, 0.3) is 110 Å². The lowest BCUT2D eigenvalue weighted by Crippen LogP contribution is -2.14. The first-order valence-electron chi connectivity index (χ1n) is 20.6. The number of rotatable bonds is 3. The highest BCUT2D eigenvalue weighted by molar-refractivity contribution is 6.25. The molecule has 0 aliphatic heterocycles. The summed E-state index contributed by atoms with van der Waals surface area (Å²) in [5.41, 5.74) is 15.4. The van der Waals surface area contributed by atoms with Crippen LogP contribution in [0.1, 0.15) is 25.0 Å². The van der Waals surface area contributed by atoms with E-state index in [4.69, 9.17) is 4.98 Å². The minimum absolute atomic E-state index is 0.123. The van der Waals surface area contributed by atoms with Gasteiger partial charge in [0.15, 0.2) is 0 Å². The van der Waals surface area contributed by atoms with Crippen molar-refractivity contribution in [2.24, 2.45) is 0 Å². The molecule has 276 valence electrons. The summed E-state index contributed by atoms with van der Waals surface area (Å²) < 4.78 is 4.98. The van der Waals surface area contributed by atoms with Gasteiger partial charge in [-0.3, -0.25) is 0 Å². The van der Waals surface area contributed by atoms with Crippen molar-refractivity contribution in [2.45, 2.75) is 19.3 Å². The standard InChI is InChI=1S/C56H37N3/c1-56(2)48-24-11-8-21-39(48)45-32-44-40-22-9-12-25-50(40)57-53(47(44)33-49(45)56)36-17-14-20-38(29-36)59-51-26-13-10-23-41(51)42-27-28-43-46-30-34-15-6-7-16-35(34)31-52(46)58(55(43)54(42)59)37-18-4-3-5-19-37/h3-33H,1-2H3. The third-order valence-electron chi connectivity index (χ3n) is 13.2. The number of hydrogen-bond acceptors (Lipinski definition) is 1. The van der Waals surface area contributed by atoms with E-state index in [2.05, 4.69) is 211 Å². The lowest BCUT2D eigenvalue weighted by atomic mass is 9.81. The van der Waals surface area contributed by atoms with E-state index in [0.717, 1.165) is 28.1 Å². The van der Waals surface area contributed by atoms with Gasteiger partial charge in [0.1, 0.15) is 0 Å². The summed E-state index contributed by atoms with van der Waals surface area (Å²) in [6.45, 7) is 4.72. The Morgan fingerprint density at radius 1 is 0.390 bits per heavy atom. The lowest BCUT2D eigenvalue weighted by molar-refractivity contribution is 0.661. The Labute approximate surface area is 341 Å². The first kappa shape index (κ1) is 32.6. The zero-order valence-electron chi connectivity index (χ0n) is 32.7. The molecule has 0 amide bonds. The van der Waals surface area contributed by atoms with Crippen molar-refractivity contribution >= 4 is 76.1 Å². The van der Waals surface area contributed by atoms with E-state index in [1.54, 1.807) is 0 Å². The molecule has 0 fully saturated rings. The first-order valence-corrected chi connectivity index (χ1v) is 20.6. The van der Waals surface area contributed by atoms with Crippen LogP contribution < -0.4 is 0 Å². The minimum atomic E-state index is -0.123. The number of aromatic nitrogens is 3. The molecular formula is C56H37N3. The number of hydrogen-bond donors (Lipinski definition) is 0. The smallest absolute Gasteiger partial charge is 0.0788 e. The van der Waals surface area contributed by atoms with Gasteiger partial charge in [0.05, 0.1) is 33.3 Å². The van der Waals surface area contributed by atoms with Gasteiger partial charge in [-0.15, -0.1) is 0 Å². The Morgan fingerprint density at radius 3 is 1.90 bits per heavy atom. The topological polar surface area (TPSA) is 22.8 Å². The molecule has 1 aliphatic rings. The Hall–Kier alpha value is -7.49. The average Bonchev–Trinajstić information content (AvgIpc) is 3.87. The van der Waals surface area contributed by atoms with Crippen LogP contribution in [-0.2, 0) is 5.41 Å². The van der Waals surface area contributed by atoms with Gasteiger partial charge in [-0.1, -0.05) is 141 Å². The van der Waals surface area contributed by atoms with Gasteiger partial charge in [-0.05, 0) is 99.1 Å². The van der Waals surface area contributed by atoms with E-state index in [1.807, 2.05) is 0 Å². The molecule has 0 spiro atoms. The van der Waals surface area contributed by atoms with E-state index in [-0.39, 0.29) is 5.41 Å². The minimum Gasteiger partial charge on any atom is -0.307 e. The maximum atomic E-state index is 5.49. The van der Waals surface area contributed by atoms with Gasteiger partial charge in [0.25, 0.3) is 0 Å². The van der Waals surface area contributed by atoms with Crippen molar-refractivity contribution < 1.29 is 0 Å². The zero-order chi connectivity index (χ0) is 39.0. The van der Waals surface area contributed by atoms with Crippen molar-refractivity contribution in [3.63, 3.8) is 0 Å². The predicted molar refractivity (Wildman–Crippen MR) is 248 cm³/mol. The summed E-state index contributed by atoms with van der Waals surface area (Å²) in [5.74, 6) is 0. The summed E-state index contributed by atoms with van der Waals surface area (Å²) in [7, 11) is 0. The molecule has 0 radical (unpaired) electrons. The predicted octanol–water partition coefficient (Wildman–Crippen LogP) is 14.7. The largest absolute Gasteiger partial charge is 0.307 e. The van der Waals surface area contributed by atoms with Crippen LogP contribution in [0.5, 0.6) is 0 Å². The van der Waals surface area contributed by atoms with Crippen molar-refractivity contribution in [1.82, 2.24) is 14.1 Å². The molecule has 3 aromatic heterocycles. The summed E-state index contributed by atoms with van der Waals surface area (Å²) in [4.78, 5) is 5.49. The van der Waals surface area contributed by atoms with E-state index < -0.39 is 0 Å². The van der Waals surface area contributed by atoms with E-state index >= 15 is 0 Å². The fraction of sp³-hybridized carbons (Fsp3) is 0.0536. The van der Waals surface area contributed by atoms with E-state index in [0.29, 0.717) is 0 Å². The number of pyridine rings is 1. The fourth-order valence-electron chi connectivity index (χ4n) is 10.5. The second-order valence-corrected chi connectivity index (χ2v) is 16.7. The highest BCUT2D eigenvalue weighted by atomic mass is 15.0. The highest BCUT2D eigenvalue weighted by Crippen LogP contribution is 2.51. The monoisotopic (exact) mass is 751 g/mol. The molecule has 1 aliphatic carbocycles. The normalized spacial score (nSPS) is 13.4. The molecule has 0 atom stereocenters. The second-order valence-electron chi connectivity index (χ2n) is 16.7. The molecule has 3 heterocycles. The van der Waals surface area contributed by atoms with Gasteiger partial charge in [-0.2, -0.15) is 0 Å². The molecule has 9 aromatic carbocycles. The Balaban J connectivity index is 1.13. The van der Waals surface area contributed by atoms with Gasteiger partial charge in [0, 0.05) is 54.7 Å². The molecule has 0 N–H and O–H groups in total. The number of fused-ring (bicyclic) bond motifs is 14. The summed E-state index contributed by atoms with van der Waals surface area (Å²) in [5, 5.41) is 11.0. The zero-order valence-corrected chi connectivity index (χ0v) is 32.7. The maximum Gasteiger partial charge on any atom is 0.0788 e. The molecular weight excluding hydrogens is 715 g/mol. The number of benzene rings is 9. The van der Waals surface area contributed by atoms with Crippen LogP contribution in [0.4, 0.5) is 0 Å². The van der Waals surface area contributed by atoms with E-state index in [1.165, 1.54) is 92.8 Å². The van der Waals surface area contributed by atoms with Gasteiger partial charge in [0.2, 0.25) is 0 Å². The first-order chi connectivity index (χ1) is 29.0. The number of nitrogens with zero attached hydrogens (tertiary/aromatic N) is 3. The molecule has 0 saturated carbocycles. The maximum absolute atomic E-state index is 5.49. The van der Waals surface area contributed by atoms with Crippen molar-refractivity contribution in [1.29, 1.82) is 0 Å². The molecule has 59 heavy (non-hydrogen) atoms. The summed E-state index contributed by atoms with van der Waals surface area (Å²) >= 11 is 0. The molecule has 0 unspecified atom stereocenters. The third-order valence-corrected chi connectivity index (χ3v) is 13.2. The van der Waals surface area contributed by atoms with E-state index in [9.17, 15) is 0 Å².